The SMILES string of the molecule is COc1ccc(-c2nc(SCc3csc(-c4ccc(C(N)=O)cc4)n3)n[nH]2)c(OC)c1. The van der Waals surface area contributed by atoms with Gasteiger partial charge in [-0.05, 0) is 24.3 Å². The van der Waals surface area contributed by atoms with Gasteiger partial charge in [-0.3, -0.25) is 9.89 Å². The average molecular weight is 454 g/mol. The zero-order valence-electron chi connectivity index (χ0n) is 16.8. The van der Waals surface area contributed by atoms with Gasteiger partial charge in [-0.15, -0.1) is 16.4 Å². The van der Waals surface area contributed by atoms with Gasteiger partial charge >= 0.3 is 0 Å². The fourth-order valence-electron chi connectivity index (χ4n) is 2.85. The minimum absolute atomic E-state index is 0.444. The minimum atomic E-state index is -0.444. The maximum Gasteiger partial charge on any atom is 0.248 e. The van der Waals surface area contributed by atoms with Crippen LogP contribution in [0.2, 0.25) is 0 Å². The summed E-state index contributed by atoms with van der Waals surface area (Å²) in [6.07, 6.45) is 0. The Hall–Kier alpha value is -3.37. The molecule has 1 amide bonds. The smallest absolute Gasteiger partial charge is 0.248 e. The number of H-pyrrole nitrogens is 1. The molecule has 0 aliphatic carbocycles. The van der Waals surface area contributed by atoms with E-state index in [1.54, 1.807) is 43.8 Å². The number of nitrogens with two attached hydrogens (primary N) is 1. The van der Waals surface area contributed by atoms with Gasteiger partial charge in [0.1, 0.15) is 16.5 Å². The molecular weight excluding hydrogens is 434 g/mol. The van der Waals surface area contributed by atoms with Crippen LogP contribution in [0.15, 0.2) is 53.0 Å². The minimum Gasteiger partial charge on any atom is -0.497 e. The van der Waals surface area contributed by atoms with Gasteiger partial charge in [0, 0.05) is 28.3 Å². The second kappa shape index (κ2) is 9.19. The van der Waals surface area contributed by atoms with Gasteiger partial charge in [-0.1, -0.05) is 23.9 Å². The summed E-state index contributed by atoms with van der Waals surface area (Å²) in [4.78, 5) is 20.4. The summed E-state index contributed by atoms with van der Waals surface area (Å²) < 4.78 is 10.7. The summed E-state index contributed by atoms with van der Waals surface area (Å²) in [7, 11) is 3.21. The number of carbonyl (C=O) groups excluding carboxylic acids is 1. The van der Waals surface area contributed by atoms with E-state index in [4.69, 9.17) is 15.2 Å². The normalized spacial score (nSPS) is 10.8. The van der Waals surface area contributed by atoms with E-state index in [9.17, 15) is 4.79 Å². The van der Waals surface area contributed by atoms with Gasteiger partial charge in [0.2, 0.25) is 11.1 Å². The van der Waals surface area contributed by atoms with Gasteiger partial charge in [-0.25, -0.2) is 9.97 Å². The molecule has 0 spiro atoms. The van der Waals surface area contributed by atoms with Gasteiger partial charge in [-0.2, -0.15) is 0 Å². The molecule has 3 N–H and O–H groups in total. The Morgan fingerprint density at radius 1 is 1.13 bits per heavy atom. The Bertz CT molecular complexity index is 1200. The number of benzene rings is 2. The number of amides is 1. The molecule has 4 aromatic rings. The maximum absolute atomic E-state index is 11.2. The number of methoxy groups -OCH3 is 2. The Kier molecular flexibility index (Phi) is 6.19. The molecule has 0 unspecified atom stereocenters. The topological polar surface area (TPSA) is 116 Å². The van der Waals surface area contributed by atoms with Crippen LogP contribution in [-0.2, 0) is 5.75 Å². The van der Waals surface area contributed by atoms with E-state index in [-0.39, 0.29) is 0 Å². The molecule has 8 nitrogen and oxygen atoms in total. The number of hydrogen-bond acceptors (Lipinski definition) is 8. The van der Waals surface area contributed by atoms with Crippen molar-refractivity contribution >= 4 is 29.0 Å². The van der Waals surface area contributed by atoms with Crippen LogP contribution in [0, 0.1) is 0 Å². The van der Waals surface area contributed by atoms with Crippen molar-refractivity contribution in [3.8, 4) is 33.5 Å². The van der Waals surface area contributed by atoms with Crippen molar-refractivity contribution in [1.29, 1.82) is 0 Å². The second-order valence-electron chi connectivity index (χ2n) is 6.41. The van der Waals surface area contributed by atoms with Crippen LogP contribution >= 0.6 is 23.1 Å². The van der Waals surface area contributed by atoms with Gasteiger partial charge in [0.25, 0.3) is 0 Å². The van der Waals surface area contributed by atoms with E-state index in [1.165, 1.54) is 11.8 Å². The number of nitrogens with one attached hydrogen (secondary N) is 1. The molecule has 2 heterocycles. The number of primary amides is 1. The number of thioether (sulfide) groups is 1. The van der Waals surface area contributed by atoms with E-state index in [0.717, 1.165) is 21.8 Å². The zero-order chi connectivity index (χ0) is 21.8. The number of hydrogen-bond donors (Lipinski definition) is 2. The third-order valence-electron chi connectivity index (χ3n) is 4.45. The molecule has 0 fully saturated rings. The van der Waals surface area contributed by atoms with Crippen LogP contribution in [0.4, 0.5) is 0 Å². The number of carbonyl (C=O) groups is 1. The molecule has 0 aliphatic rings. The summed E-state index contributed by atoms with van der Waals surface area (Å²) in [5.74, 6) is 2.17. The van der Waals surface area contributed by atoms with Gasteiger partial charge < -0.3 is 15.2 Å². The van der Waals surface area contributed by atoms with Crippen molar-refractivity contribution in [1.82, 2.24) is 20.2 Å². The van der Waals surface area contributed by atoms with Crippen molar-refractivity contribution in [3.05, 3.63) is 59.1 Å². The highest BCUT2D eigenvalue weighted by Crippen LogP contribution is 2.33. The molecule has 0 saturated heterocycles. The highest BCUT2D eigenvalue weighted by atomic mass is 32.2. The fraction of sp³-hybridized carbons (Fsp3) is 0.143. The molecule has 31 heavy (non-hydrogen) atoms. The summed E-state index contributed by atoms with van der Waals surface area (Å²) in [6, 6.07) is 12.6. The monoisotopic (exact) mass is 453 g/mol. The van der Waals surface area contributed by atoms with Crippen LogP contribution in [0.5, 0.6) is 11.5 Å². The van der Waals surface area contributed by atoms with E-state index in [1.807, 2.05) is 29.6 Å². The first-order chi connectivity index (χ1) is 15.1. The average Bonchev–Trinajstić information content (AvgIpc) is 3.47. The maximum atomic E-state index is 11.2. The van der Waals surface area contributed by atoms with Gasteiger partial charge in [0.05, 0.1) is 25.5 Å². The molecule has 2 aromatic carbocycles. The number of aromatic amines is 1. The van der Waals surface area contributed by atoms with Gasteiger partial charge in [0.15, 0.2) is 5.82 Å². The van der Waals surface area contributed by atoms with Crippen LogP contribution in [0.1, 0.15) is 16.1 Å². The third kappa shape index (κ3) is 4.70. The standard InChI is InChI=1S/C21H19N5O3S2/c1-28-15-7-8-16(17(9-15)29-2)19-24-21(26-25-19)31-11-14-10-30-20(23-14)13-5-3-12(4-6-13)18(22)27/h3-10H,11H2,1-2H3,(H2,22,27)(H,24,25,26). The quantitative estimate of drug-likeness (QED) is 0.387. The Morgan fingerprint density at radius 3 is 2.65 bits per heavy atom. The number of aromatic nitrogens is 4. The first-order valence-electron chi connectivity index (χ1n) is 9.19. The molecule has 2 aromatic heterocycles. The Balaban J connectivity index is 1.43. The second-order valence-corrected chi connectivity index (χ2v) is 8.21. The van der Waals surface area contributed by atoms with Crippen LogP contribution in [-0.4, -0.2) is 40.3 Å². The summed E-state index contributed by atoms with van der Waals surface area (Å²) in [5.41, 5.74) is 8.44. The largest absolute Gasteiger partial charge is 0.497 e. The van der Waals surface area contributed by atoms with Crippen LogP contribution < -0.4 is 15.2 Å². The fourth-order valence-corrected chi connectivity index (χ4v) is 4.47. The molecule has 10 heteroatoms. The predicted octanol–water partition coefficient (Wildman–Crippen LogP) is 4.00. The van der Waals surface area contributed by atoms with Crippen LogP contribution in [0.3, 0.4) is 0 Å². The Morgan fingerprint density at radius 2 is 1.94 bits per heavy atom. The zero-order valence-corrected chi connectivity index (χ0v) is 18.4. The lowest BCUT2D eigenvalue weighted by molar-refractivity contribution is 0.100. The molecule has 0 atom stereocenters. The number of ether oxygens (including phenoxy) is 2. The Labute approximate surface area is 186 Å². The lowest BCUT2D eigenvalue weighted by Gasteiger charge is -2.07. The van der Waals surface area contributed by atoms with E-state index >= 15 is 0 Å². The highest BCUT2D eigenvalue weighted by molar-refractivity contribution is 7.98. The molecule has 158 valence electrons. The van der Waals surface area contributed by atoms with Crippen molar-refractivity contribution < 1.29 is 14.3 Å². The summed E-state index contributed by atoms with van der Waals surface area (Å²) in [5, 5.41) is 10.7. The van der Waals surface area contributed by atoms with Crippen molar-refractivity contribution in [2.45, 2.75) is 10.9 Å². The molecule has 4 rings (SSSR count). The molecule has 0 bridgehead atoms. The predicted molar refractivity (Wildman–Crippen MR) is 121 cm³/mol. The van der Waals surface area contributed by atoms with E-state index < -0.39 is 5.91 Å². The van der Waals surface area contributed by atoms with Crippen molar-refractivity contribution in [2.24, 2.45) is 5.73 Å². The first kappa shape index (κ1) is 20.9. The van der Waals surface area contributed by atoms with Crippen molar-refractivity contribution in [2.75, 3.05) is 14.2 Å². The van der Waals surface area contributed by atoms with Crippen LogP contribution in [0.25, 0.3) is 22.0 Å². The molecular formula is C21H19N5O3S2. The van der Waals surface area contributed by atoms with Crippen molar-refractivity contribution in [3.63, 3.8) is 0 Å². The highest BCUT2D eigenvalue weighted by Gasteiger charge is 2.13. The summed E-state index contributed by atoms with van der Waals surface area (Å²) in [6.45, 7) is 0. The summed E-state index contributed by atoms with van der Waals surface area (Å²) >= 11 is 3.03. The lowest BCUT2D eigenvalue weighted by atomic mass is 10.1. The number of rotatable bonds is 8. The lowest BCUT2D eigenvalue weighted by Crippen LogP contribution is -2.10. The number of thiazole rings is 1. The molecule has 0 radical (unpaired) electrons. The third-order valence-corrected chi connectivity index (χ3v) is 6.27. The molecule has 0 aliphatic heterocycles. The number of nitrogens with zero attached hydrogens (tertiary/aromatic N) is 3. The van der Waals surface area contributed by atoms with E-state index in [2.05, 4.69) is 20.2 Å². The van der Waals surface area contributed by atoms with E-state index in [0.29, 0.717) is 33.8 Å². The molecule has 0 saturated carbocycles. The first-order valence-corrected chi connectivity index (χ1v) is 11.1.